The van der Waals surface area contributed by atoms with Crippen molar-refractivity contribution in [3.63, 3.8) is 0 Å². The Hall–Kier alpha value is -0.860. The van der Waals surface area contributed by atoms with Crippen LogP contribution in [-0.4, -0.2) is 37.1 Å². The molecule has 0 atom stereocenters. The van der Waals surface area contributed by atoms with E-state index in [2.05, 4.69) is 48.6 Å². The Morgan fingerprint density at radius 3 is 2.21 bits per heavy atom. The summed E-state index contributed by atoms with van der Waals surface area (Å²) in [5.41, 5.74) is 3.50. The number of nitrogens with one attached hydrogen (secondary N) is 1. The second-order valence-corrected chi connectivity index (χ2v) is 6.58. The first-order valence-electron chi connectivity index (χ1n) is 7.67. The van der Waals surface area contributed by atoms with Crippen molar-refractivity contribution in [3.8, 4) is 0 Å². The van der Waals surface area contributed by atoms with Gasteiger partial charge in [0.2, 0.25) is 0 Å². The van der Waals surface area contributed by atoms with Crippen molar-refractivity contribution in [1.82, 2.24) is 10.2 Å². The third kappa shape index (κ3) is 2.56. The van der Waals surface area contributed by atoms with Gasteiger partial charge in [0, 0.05) is 18.1 Å². The van der Waals surface area contributed by atoms with Gasteiger partial charge < -0.3 is 10.2 Å². The molecule has 0 spiro atoms. The van der Waals surface area contributed by atoms with Crippen molar-refractivity contribution in [3.05, 3.63) is 35.4 Å². The van der Waals surface area contributed by atoms with E-state index in [1.807, 2.05) is 0 Å². The molecule has 0 amide bonds. The van der Waals surface area contributed by atoms with Crippen molar-refractivity contribution in [1.29, 1.82) is 0 Å². The Morgan fingerprint density at radius 1 is 1.11 bits per heavy atom. The molecular weight excluding hydrogens is 232 g/mol. The van der Waals surface area contributed by atoms with Crippen molar-refractivity contribution < 1.29 is 0 Å². The summed E-state index contributed by atoms with van der Waals surface area (Å²) in [6.45, 7) is 1.15. The highest BCUT2D eigenvalue weighted by Crippen LogP contribution is 2.33. The molecule has 1 N–H and O–H groups in total. The van der Waals surface area contributed by atoms with Gasteiger partial charge in [0.15, 0.2) is 0 Å². The molecule has 0 bridgehead atoms. The summed E-state index contributed by atoms with van der Waals surface area (Å²) in [4.78, 5) is 2.45. The molecule has 19 heavy (non-hydrogen) atoms. The fraction of sp³-hybridized carbons (Fsp3) is 0.647. The third-order valence-corrected chi connectivity index (χ3v) is 5.25. The van der Waals surface area contributed by atoms with E-state index in [4.69, 9.17) is 0 Å². The summed E-state index contributed by atoms with van der Waals surface area (Å²) >= 11 is 0. The van der Waals surface area contributed by atoms with Crippen LogP contribution in [0.2, 0.25) is 0 Å². The van der Waals surface area contributed by atoms with E-state index < -0.39 is 0 Å². The lowest BCUT2D eigenvalue weighted by Crippen LogP contribution is -2.51. The van der Waals surface area contributed by atoms with Crippen LogP contribution in [0, 0.1) is 0 Å². The zero-order valence-electron chi connectivity index (χ0n) is 12.3. The highest BCUT2D eigenvalue weighted by atomic mass is 15.2. The molecule has 0 radical (unpaired) electrons. The SMILES string of the molecule is CN(C)C1(CNC2Cc3ccccc3C2)CCCC1. The summed E-state index contributed by atoms with van der Waals surface area (Å²) in [5.74, 6) is 0. The number of nitrogens with zero attached hydrogens (tertiary/aromatic N) is 1. The molecular formula is C17H26N2. The summed E-state index contributed by atoms with van der Waals surface area (Å²) in [6.07, 6.45) is 7.91. The molecule has 2 aliphatic rings. The quantitative estimate of drug-likeness (QED) is 0.893. The fourth-order valence-corrected chi connectivity index (χ4v) is 3.85. The highest BCUT2D eigenvalue weighted by molar-refractivity contribution is 5.33. The average Bonchev–Trinajstić information content (AvgIpc) is 3.03. The molecule has 0 heterocycles. The van der Waals surface area contributed by atoms with E-state index >= 15 is 0 Å². The first kappa shape index (κ1) is 13.1. The molecule has 104 valence electrons. The van der Waals surface area contributed by atoms with E-state index in [0.717, 1.165) is 6.54 Å². The Labute approximate surface area is 117 Å². The lowest BCUT2D eigenvalue weighted by atomic mass is 9.95. The van der Waals surface area contributed by atoms with E-state index in [1.165, 1.54) is 38.5 Å². The Bertz CT molecular complexity index is 408. The molecule has 2 nitrogen and oxygen atoms in total. The minimum absolute atomic E-state index is 0.411. The number of hydrogen-bond donors (Lipinski definition) is 1. The summed E-state index contributed by atoms with van der Waals surface area (Å²) in [7, 11) is 4.49. The second kappa shape index (κ2) is 5.26. The van der Waals surface area contributed by atoms with Crippen molar-refractivity contribution >= 4 is 0 Å². The molecule has 0 saturated heterocycles. The van der Waals surface area contributed by atoms with Gasteiger partial charge in [0.1, 0.15) is 0 Å². The highest BCUT2D eigenvalue weighted by Gasteiger charge is 2.36. The molecule has 2 aliphatic carbocycles. The predicted octanol–water partition coefficient (Wildman–Crippen LogP) is 2.62. The fourth-order valence-electron chi connectivity index (χ4n) is 3.85. The molecule has 1 fully saturated rings. The monoisotopic (exact) mass is 258 g/mol. The predicted molar refractivity (Wildman–Crippen MR) is 80.5 cm³/mol. The lowest BCUT2D eigenvalue weighted by molar-refractivity contribution is 0.149. The number of rotatable bonds is 4. The van der Waals surface area contributed by atoms with E-state index in [1.54, 1.807) is 11.1 Å². The Balaban J connectivity index is 1.59. The zero-order chi connectivity index (χ0) is 13.3. The Morgan fingerprint density at radius 2 is 1.68 bits per heavy atom. The number of likely N-dealkylation sites (N-methyl/N-ethyl adjacent to an activating group) is 1. The van der Waals surface area contributed by atoms with Gasteiger partial charge in [0.05, 0.1) is 0 Å². The largest absolute Gasteiger partial charge is 0.311 e. The first-order chi connectivity index (χ1) is 9.20. The molecule has 0 aromatic heterocycles. The van der Waals surface area contributed by atoms with Gasteiger partial charge in [-0.3, -0.25) is 0 Å². The van der Waals surface area contributed by atoms with E-state index in [-0.39, 0.29) is 0 Å². The molecule has 0 unspecified atom stereocenters. The summed E-state index contributed by atoms with van der Waals surface area (Å²) in [6, 6.07) is 9.55. The van der Waals surface area contributed by atoms with Crippen LogP contribution < -0.4 is 5.32 Å². The maximum atomic E-state index is 3.85. The van der Waals surface area contributed by atoms with Crippen molar-refractivity contribution in [2.75, 3.05) is 20.6 Å². The molecule has 1 saturated carbocycles. The number of benzene rings is 1. The van der Waals surface area contributed by atoms with Crippen LogP contribution in [-0.2, 0) is 12.8 Å². The maximum absolute atomic E-state index is 3.85. The van der Waals surface area contributed by atoms with Crippen LogP contribution in [0.1, 0.15) is 36.8 Å². The van der Waals surface area contributed by atoms with Crippen LogP contribution in [0.3, 0.4) is 0 Å². The van der Waals surface area contributed by atoms with Gasteiger partial charge in [-0.05, 0) is 50.9 Å². The lowest BCUT2D eigenvalue weighted by Gasteiger charge is -2.37. The smallest absolute Gasteiger partial charge is 0.0327 e. The zero-order valence-corrected chi connectivity index (χ0v) is 12.3. The summed E-state index contributed by atoms with van der Waals surface area (Å²) < 4.78 is 0. The standard InChI is InChI=1S/C17H26N2/c1-19(2)17(9-5-6-10-17)13-18-16-11-14-7-3-4-8-15(14)12-16/h3-4,7-8,16,18H,5-6,9-13H2,1-2H3. The minimum atomic E-state index is 0.411. The average molecular weight is 258 g/mol. The molecule has 0 aliphatic heterocycles. The van der Waals surface area contributed by atoms with Crippen LogP contribution in [0.25, 0.3) is 0 Å². The van der Waals surface area contributed by atoms with Gasteiger partial charge in [0.25, 0.3) is 0 Å². The minimum Gasteiger partial charge on any atom is -0.311 e. The van der Waals surface area contributed by atoms with Crippen molar-refractivity contribution in [2.45, 2.75) is 50.1 Å². The topological polar surface area (TPSA) is 15.3 Å². The number of hydrogen-bond acceptors (Lipinski definition) is 2. The van der Waals surface area contributed by atoms with Gasteiger partial charge in [-0.2, -0.15) is 0 Å². The normalized spacial score (nSPS) is 22.1. The number of fused-ring (bicyclic) bond motifs is 1. The van der Waals surface area contributed by atoms with Gasteiger partial charge >= 0.3 is 0 Å². The molecule has 1 aromatic carbocycles. The van der Waals surface area contributed by atoms with Gasteiger partial charge in [-0.25, -0.2) is 0 Å². The van der Waals surface area contributed by atoms with E-state index in [9.17, 15) is 0 Å². The first-order valence-corrected chi connectivity index (χ1v) is 7.67. The van der Waals surface area contributed by atoms with Gasteiger partial charge in [-0.15, -0.1) is 0 Å². The second-order valence-electron chi connectivity index (χ2n) is 6.58. The Kier molecular flexibility index (Phi) is 3.64. The van der Waals surface area contributed by atoms with Crippen LogP contribution in [0.5, 0.6) is 0 Å². The van der Waals surface area contributed by atoms with Gasteiger partial charge in [-0.1, -0.05) is 37.1 Å². The van der Waals surface area contributed by atoms with E-state index in [0.29, 0.717) is 11.6 Å². The van der Waals surface area contributed by atoms with Crippen LogP contribution in [0.15, 0.2) is 24.3 Å². The van der Waals surface area contributed by atoms with Crippen LogP contribution >= 0.6 is 0 Å². The van der Waals surface area contributed by atoms with Crippen molar-refractivity contribution in [2.24, 2.45) is 0 Å². The molecule has 2 heteroatoms. The molecule has 3 rings (SSSR count). The third-order valence-electron chi connectivity index (χ3n) is 5.25. The molecule has 1 aromatic rings. The maximum Gasteiger partial charge on any atom is 0.0327 e. The summed E-state index contributed by atoms with van der Waals surface area (Å²) in [5, 5.41) is 3.85. The van der Waals surface area contributed by atoms with Crippen LogP contribution in [0.4, 0.5) is 0 Å².